The zero-order valence-electron chi connectivity index (χ0n) is 12.6. The standard InChI is InChI=1S/C17H20Cl2N2/c1-4-16-8-13(11-18)9-17(20-16)21(3)12(2)14-6-5-7-15(19)10-14/h5-10,12H,4,11H2,1-3H3. The third kappa shape index (κ3) is 3.90. The number of hydrogen-bond donors (Lipinski definition) is 0. The van der Waals surface area contributed by atoms with Gasteiger partial charge in [0.15, 0.2) is 0 Å². The van der Waals surface area contributed by atoms with Crippen LogP contribution in [0.2, 0.25) is 5.02 Å². The van der Waals surface area contributed by atoms with Gasteiger partial charge in [0.05, 0.1) is 6.04 Å². The van der Waals surface area contributed by atoms with Gasteiger partial charge >= 0.3 is 0 Å². The topological polar surface area (TPSA) is 16.1 Å². The molecule has 21 heavy (non-hydrogen) atoms. The molecule has 4 heteroatoms. The minimum atomic E-state index is 0.187. The SMILES string of the molecule is CCc1cc(CCl)cc(N(C)C(C)c2cccc(Cl)c2)n1. The summed E-state index contributed by atoms with van der Waals surface area (Å²) in [6.45, 7) is 4.25. The maximum absolute atomic E-state index is 6.08. The summed E-state index contributed by atoms with van der Waals surface area (Å²) < 4.78 is 0. The second-order valence-electron chi connectivity index (χ2n) is 5.15. The van der Waals surface area contributed by atoms with Gasteiger partial charge in [0.1, 0.15) is 5.82 Å². The summed E-state index contributed by atoms with van der Waals surface area (Å²) in [4.78, 5) is 6.86. The minimum absolute atomic E-state index is 0.187. The number of alkyl halides is 1. The van der Waals surface area contributed by atoms with Crippen molar-refractivity contribution in [3.8, 4) is 0 Å². The normalized spacial score (nSPS) is 12.2. The first kappa shape index (κ1) is 16.1. The summed E-state index contributed by atoms with van der Waals surface area (Å²) in [6.07, 6.45) is 0.900. The molecule has 0 radical (unpaired) electrons. The van der Waals surface area contributed by atoms with E-state index in [0.717, 1.165) is 28.5 Å². The monoisotopic (exact) mass is 322 g/mol. The van der Waals surface area contributed by atoms with E-state index in [1.807, 2.05) is 31.3 Å². The van der Waals surface area contributed by atoms with E-state index in [1.165, 1.54) is 5.56 Å². The van der Waals surface area contributed by atoms with Crippen LogP contribution in [0, 0.1) is 0 Å². The molecule has 0 amide bonds. The molecule has 0 fully saturated rings. The third-order valence-electron chi connectivity index (χ3n) is 3.71. The van der Waals surface area contributed by atoms with Gasteiger partial charge in [-0.25, -0.2) is 4.98 Å². The Kier molecular flexibility index (Phi) is 5.49. The molecule has 112 valence electrons. The largest absolute Gasteiger partial charge is 0.353 e. The molecule has 1 aromatic heterocycles. The molecule has 0 aliphatic carbocycles. The highest BCUT2D eigenvalue weighted by molar-refractivity contribution is 6.30. The summed E-state index contributed by atoms with van der Waals surface area (Å²) in [5, 5.41) is 0.754. The summed E-state index contributed by atoms with van der Waals surface area (Å²) in [6, 6.07) is 12.2. The Morgan fingerprint density at radius 1 is 1.24 bits per heavy atom. The van der Waals surface area contributed by atoms with Crippen LogP contribution in [0.5, 0.6) is 0 Å². The Labute approximate surface area is 136 Å². The van der Waals surface area contributed by atoms with Crippen LogP contribution in [0.1, 0.15) is 36.7 Å². The Bertz CT molecular complexity index is 591. The van der Waals surface area contributed by atoms with Crippen LogP contribution in [-0.4, -0.2) is 12.0 Å². The van der Waals surface area contributed by atoms with Crippen LogP contribution in [0.25, 0.3) is 0 Å². The second kappa shape index (κ2) is 7.15. The van der Waals surface area contributed by atoms with E-state index in [1.54, 1.807) is 0 Å². The van der Waals surface area contributed by atoms with Gasteiger partial charge in [0, 0.05) is 23.6 Å². The van der Waals surface area contributed by atoms with Crippen LogP contribution in [0.15, 0.2) is 36.4 Å². The summed E-state index contributed by atoms with van der Waals surface area (Å²) in [5.74, 6) is 1.44. The third-order valence-corrected chi connectivity index (χ3v) is 4.26. The van der Waals surface area contributed by atoms with Gasteiger partial charge in [-0.05, 0) is 48.7 Å². The molecule has 0 saturated carbocycles. The highest BCUT2D eigenvalue weighted by Crippen LogP contribution is 2.27. The predicted octanol–water partition coefficient (Wildman–Crippen LogP) is 5.23. The summed E-state index contributed by atoms with van der Waals surface area (Å²) in [5.41, 5.74) is 3.33. The Balaban J connectivity index is 2.32. The molecular weight excluding hydrogens is 303 g/mol. The zero-order chi connectivity index (χ0) is 15.4. The first-order valence-corrected chi connectivity index (χ1v) is 8.00. The molecule has 2 rings (SSSR count). The lowest BCUT2D eigenvalue weighted by molar-refractivity contribution is 0.725. The van der Waals surface area contributed by atoms with Gasteiger partial charge in [-0.2, -0.15) is 0 Å². The van der Waals surface area contributed by atoms with Gasteiger partial charge < -0.3 is 4.90 Å². The molecule has 2 aromatic rings. The first-order valence-electron chi connectivity index (χ1n) is 7.09. The number of aryl methyl sites for hydroxylation is 1. The van der Waals surface area contributed by atoms with E-state index in [9.17, 15) is 0 Å². The average molecular weight is 323 g/mol. The van der Waals surface area contributed by atoms with E-state index in [2.05, 4.69) is 30.9 Å². The second-order valence-corrected chi connectivity index (χ2v) is 5.86. The zero-order valence-corrected chi connectivity index (χ0v) is 14.1. The molecule has 1 aromatic carbocycles. The van der Waals surface area contributed by atoms with Gasteiger partial charge in [0.25, 0.3) is 0 Å². The van der Waals surface area contributed by atoms with Crippen molar-refractivity contribution in [1.29, 1.82) is 0 Å². The number of halogens is 2. The Hall–Kier alpha value is -1.25. The fourth-order valence-electron chi connectivity index (χ4n) is 2.26. The number of nitrogens with zero attached hydrogens (tertiary/aromatic N) is 2. The van der Waals surface area contributed by atoms with E-state index >= 15 is 0 Å². The number of aromatic nitrogens is 1. The van der Waals surface area contributed by atoms with Crippen molar-refractivity contribution in [3.05, 3.63) is 58.2 Å². The lowest BCUT2D eigenvalue weighted by Crippen LogP contribution is -2.23. The molecule has 2 nitrogen and oxygen atoms in total. The highest BCUT2D eigenvalue weighted by Gasteiger charge is 2.15. The lowest BCUT2D eigenvalue weighted by Gasteiger charge is -2.27. The number of rotatable bonds is 5. The fourth-order valence-corrected chi connectivity index (χ4v) is 2.61. The van der Waals surface area contributed by atoms with E-state index < -0.39 is 0 Å². The number of pyridine rings is 1. The quantitative estimate of drug-likeness (QED) is 0.700. The smallest absolute Gasteiger partial charge is 0.129 e. The van der Waals surface area contributed by atoms with E-state index in [0.29, 0.717) is 5.88 Å². The highest BCUT2D eigenvalue weighted by atomic mass is 35.5. The van der Waals surface area contributed by atoms with Crippen LogP contribution in [0.4, 0.5) is 5.82 Å². The number of benzene rings is 1. The van der Waals surface area contributed by atoms with Gasteiger partial charge in [-0.15, -0.1) is 11.6 Å². The van der Waals surface area contributed by atoms with Crippen molar-refractivity contribution in [2.45, 2.75) is 32.2 Å². The molecular formula is C17H20Cl2N2. The van der Waals surface area contributed by atoms with Crippen LogP contribution in [0.3, 0.4) is 0 Å². The molecule has 1 heterocycles. The van der Waals surface area contributed by atoms with Crippen molar-refractivity contribution < 1.29 is 0 Å². The number of anilines is 1. The summed E-state index contributed by atoms with van der Waals surface area (Å²) >= 11 is 12.1. The van der Waals surface area contributed by atoms with Crippen LogP contribution >= 0.6 is 23.2 Å². The molecule has 0 N–H and O–H groups in total. The first-order chi connectivity index (χ1) is 10.0. The predicted molar refractivity (Wildman–Crippen MR) is 91.4 cm³/mol. The lowest BCUT2D eigenvalue weighted by atomic mass is 10.1. The van der Waals surface area contributed by atoms with Gasteiger partial charge in [0.2, 0.25) is 0 Å². The van der Waals surface area contributed by atoms with Crippen molar-refractivity contribution in [2.24, 2.45) is 0 Å². The minimum Gasteiger partial charge on any atom is -0.353 e. The maximum atomic E-state index is 6.08. The molecule has 1 atom stereocenters. The fraction of sp³-hybridized carbons (Fsp3) is 0.353. The van der Waals surface area contributed by atoms with Gasteiger partial charge in [-0.3, -0.25) is 0 Å². The molecule has 0 saturated heterocycles. The maximum Gasteiger partial charge on any atom is 0.129 e. The van der Waals surface area contributed by atoms with Crippen LogP contribution < -0.4 is 4.90 Å². The molecule has 0 bridgehead atoms. The van der Waals surface area contributed by atoms with E-state index in [4.69, 9.17) is 28.2 Å². The molecule has 0 aliphatic heterocycles. The van der Waals surface area contributed by atoms with Crippen molar-refractivity contribution in [1.82, 2.24) is 4.98 Å². The van der Waals surface area contributed by atoms with Crippen molar-refractivity contribution in [3.63, 3.8) is 0 Å². The van der Waals surface area contributed by atoms with Crippen LogP contribution in [-0.2, 0) is 12.3 Å². The summed E-state index contributed by atoms with van der Waals surface area (Å²) in [7, 11) is 2.05. The molecule has 0 spiro atoms. The molecule has 1 unspecified atom stereocenters. The average Bonchev–Trinajstić information content (AvgIpc) is 2.52. The molecule has 0 aliphatic rings. The van der Waals surface area contributed by atoms with Gasteiger partial charge in [-0.1, -0.05) is 30.7 Å². The number of hydrogen-bond acceptors (Lipinski definition) is 2. The van der Waals surface area contributed by atoms with E-state index in [-0.39, 0.29) is 6.04 Å². The van der Waals surface area contributed by atoms with Crippen molar-refractivity contribution >= 4 is 29.0 Å². The van der Waals surface area contributed by atoms with Crippen molar-refractivity contribution in [2.75, 3.05) is 11.9 Å². The Morgan fingerprint density at radius 2 is 2.00 bits per heavy atom. The Morgan fingerprint density at radius 3 is 2.62 bits per heavy atom.